The number of aliphatic hydroxyl groups is 1. The number of nitrogens with one attached hydrogen (secondary N) is 1. The summed E-state index contributed by atoms with van der Waals surface area (Å²) in [5, 5.41) is 11.1. The zero-order chi connectivity index (χ0) is 14.7. The van der Waals surface area contributed by atoms with Gasteiger partial charge in [0, 0.05) is 5.54 Å². The molecule has 0 unspecified atom stereocenters. The van der Waals surface area contributed by atoms with Crippen LogP contribution >= 0.6 is 11.3 Å². The lowest BCUT2D eigenvalue weighted by atomic mass is 9.91. The molecule has 0 aromatic carbocycles. The lowest BCUT2D eigenvalue weighted by Crippen LogP contribution is -2.47. The maximum Gasteiger partial charge on any atom is 0.242 e. The number of rotatable bonds is 7. The average Bonchev–Trinajstić information content (AvgIpc) is 2.78. The van der Waals surface area contributed by atoms with Crippen molar-refractivity contribution in [1.29, 1.82) is 0 Å². The first kappa shape index (κ1) is 16.6. The van der Waals surface area contributed by atoms with Crippen LogP contribution in [0.2, 0.25) is 0 Å². The van der Waals surface area contributed by atoms with Gasteiger partial charge < -0.3 is 5.11 Å². The molecule has 0 spiro atoms. The molecule has 4 nitrogen and oxygen atoms in total. The van der Waals surface area contributed by atoms with E-state index in [0.29, 0.717) is 10.4 Å². The lowest BCUT2D eigenvalue weighted by Gasteiger charge is -2.31. The van der Waals surface area contributed by atoms with Crippen molar-refractivity contribution >= 4 is 21.4 Å². The smallest absolute Gasteiger partial charge is 0.242 e. The molecule has 6 heteroatoms. The summed E-state index contributed by atoms with van der Waals surface area (Å²) in [5.41, 5.74) is 0.290. The highest BCUT2D eigenvalue weighted by atomic mass is 32.2. The molecule has 0 amide bonds. The fraction of sp³-hybridized carbons (Fsp3) is 0.692. The second kappa shape index (κ2) is 6.35. The summed E-state index contributed by atoms with van der Waals surface area (Å²) < 4.78 is 28.0. The highest BCUT2D eigenvalue weighted by Gasteiger charge is 2.32. The monoisotopic (exact) mass is 305 g/mol. The van der Waals surface area contributed by atoms with E-state index in [4.69, 9.17) is 0 Å². The Bertz CT molecular complexity index is 508. The van der Waals surface area contributed by atoms with Crippen LogP contribution in [0.15, 0.2) is 10.3 Å². The van der Waals surface area contributed by atoms with E-state index < -0.39 is 15.6 Å². The standard InChI is InChI=1S/C13H23NO3S2/c1-5-13(6-2,7-3)14-19(16,17)12-10(4)9-18-11(12)8-15/h9,14-15H,5-8H2,1-4H3. The zero-order valence-corrected chi connectivity index (χ0v) is 13.6. The molecule has 19 heavy (non-hydrogen) atoms. The van der Waals surface area contributed by atoms with Gasteiger partial charge in [-0.2, -0.15) is 0 Å². The number of hydrogen-bond acceptors (Lipinski definition) is 4. The number of thiophene rings is 1. The fourth-order valence-corrected chi connectivity index (χ4v) is 5.54. The molecule has 0 saturated heterocycles. The third-order valence-corrected chi connectivity index (χ3v) is 6.81. The van der Waals surface area contributed by atoms with Crippen LogP contribution in [0.4, 0.5) is 0 Å². The Kier molecular flexibility index (Phi) is 5.55. The number of sulfonamides is 1. The van der Waals surface area contributed by atoms with Gasteiger partial charge in [0.1, 0.15) is 4.90 Å². The molecule has 1 heterocycles. The van der Waals surface area contributed by atoms with Gasteiger partial charge in [0.05, 0.1) is 11.5 Å². The average molecular weight is 305 g/mol. The molecular formula is C13H23NO3S2. The van der Waals surface area contributed by atoms with Crippen molar-refractivity contribution in [2.45, 2.75) is 64.0 Å². The first-order valence-electron chi connectivity index (χ1n) is 6.57. The summed E-state index contributed by atoms with van der Waals surface area (Å²) >= 11 is 1.28. The van der Waals surface area contributed by atoms with E-state index in [-0.39, 0.29) is 11.5 Å². The Morgan fingerprint density at radius 2 is 1.79 bits per heavy atom. The second-order valence-corrected chi connectivity index (χ2v) is 7.36. The second-order valence-electron chi connectivity index (χ2n) is 4.78. The van der Waals surface area contributed by atoms with Gasteiger partial charge >= 0.3 is 0 Å². The Balaban J connectivity index is 3.21. The molecule has 0 bridgehead atoms. The first-order chi connectivity index (χ1) is 8.85. The summed E-state index contributed by atoms with van der Waals surface area (Å²) in [4.78, 5) is 0.752. The number of hydrogen-bond donors (Lipinski definition) is 2. The molecule has 1 aromatic rings. The maximum atomic E-state index is 12.6. The van der Waals surface area contributed by atoms with Gasteiger partial charge in [0.25, 0.3) is 0 Å². The number of aliphatic hydroxyl groups excluding tert-OH is 1. The van der Waals surface area contributed by atoms with Crippen molar-refractivity contribution in [3.63, 3.8) is 0 Å². The van der Waals surface area contributed by atoms with Crippen LogP contribution in [0.1, 0.15) is 50.5 Å². The van der Waals surface area contributed by atoms with E-state index in [1.165, 1.54) is 11.3 Å². The van der Waals surface area contributed by atoms with Crippen molar-refractivity contribution in [3.8, 4) is 0 Å². The lowest BCUT2D eigenvalue weighted by molar-refractivity contribution is 0.282. The van der Waals surface area contributed by atoms with Crippen molar-refractivity contribution in [2.75, 3.05) is 0 Å². The predicted octanol–water partition coefficient (Wildman–Crippen LogP) is 2.80. The molecule has 0 radical (unpaired) electrons. The molecule has 0 aliphatic rings. The molecular weight excluding hydrogens is 282 g/mol. The van der Waals surface area contributed by atoms with E-state index in [9.17, 15) is 13.5 Å². The first-order valence-corrected chi connectivity index (χ1v) is 8.93. The quantitative estimate of drug-likeness (QED) is 0.814. The molecule has 110 valence electrons. The van der Waals surface area contributed by atoms with Crippen LogP contribution in [0.5, 0.6) is 0 Å². The van der Waals surface area contributed by atoms with Crippen molar-refractivity contribution in [2.24, 2.45) is 0 Å². The summed E-state index contributed by atoms with van der Waals surface area (Å²) in [6.45, 7) is 7.48. The van der Waals surface area contributed by atoms with Gasteiger partial charge in [0.2, 0.25) is 10.0 Å². The van der Waals surface area contributed by atoms with Crippen LogP contribution in [-0.4, -0.2) is 19.1 Å². The largest absolute Gasteiger partial charge is 0.391 e. The fourth-order valence-electron chi connectivity index (χ4n) is 2.26. The molecule has 0 aliphatic heterocycles. The molecule has 0 saturated carbocycles. The minimum absolute atomic E-state index is 0.244. The van der Waals surface area contributed by atoms with Gasteiger partial charge in [-0.25, -0.2) is 13.1 Å². The Morgan fingerprint density at radius 1 is 1.26 bits per heavy atom. The van der Waals surface area contributed by atoms with Crippen LogP contribution in [0.25, 0.3) is 0 Å². The molecule has 2 N–H and O–H groups in total. The van der Waals surface area contributed by atoms with Gasteiger partial charge in [-0.1, -0.05) is 20.8 Å². The molecule has 0 aliphatic carbocycles. The van der Waals surface area contributed by atoms with Crippen molar-refractivity contribution < 1.29 is 13.5 Å². The maximum absolute atomic E-state index is 12.6. The highest BCUT2D eigenvalue weighted by molar-refractivity contribution is 7.89. The summed E-state index contributed by atoms with van der Waals surface area (Å²) in [6, 6.07) is 0. The van der Waals surface area contributed by atoms with Crippen LogP contribution in [0.3, 0.4) is 0 Å². The third kappa shape index (κ3) is 3.37. The minimum Gasteiger partial charge on any atom is -0.391 e. The van der Waals surface area contributed by atoms with Crippen molar-refractivity contribution in [1.82, 2.24) is 4.72 Å². The predicted molar refractivity (Wildman–Crippen MR) is 78.9 cm³/mol. The van der Waals surface area contributed by atoms with Crippen LogP contribution in [0, 0.1) is 6.92 Å². The summed E-state index contributed by atoms with van der Waals surface area (Å²) in [5.74, 6) is 0. The third-order valence-electron chi connectivity index (χ3n) is 3.78. The zero-order valence-electron chi connectivity index (χ0n) is 12.0. The van der Waals surface area contributed by atoms with E-state index >= 15 is 0 Å². The Morgan fingerprint density at radius 3 is 2.21 bits per heavy atom. The van der Waals surface area contributed by atoms with E-state index in [1.54, 1.807) is 12.3 Å². The van der Waals surface area contributed by atoms with Gasteiger partial charge in [-0.15, -0.1) is 11.3 Å². The summed E-state index contributed by atoms with van der Waals surface area (Å²) in [6.07, 6.45) is 2.24. The normalized spacial score (nSPS) is 12.9. The minimum atomic E-state index is -3.58. The SMILES string of the molecule is CCC(CC)(CC)NS(=O)(=O)c1c(C)csc1CO. The molecule has 1 rings (SSSR count). The van der Waals surface area contributed by atoms with Gasteiger partial charge in [-0.05, 0) is 37.1 Å². The topological polar surface area (TPSA) is 66.4 Å². The molecule has 0 fully saturated rings. The summed E-state index contributed by atoms with van der Waals surface area (Å²) in [7, 11) is -3.58. The Labute approximate surface area is 119 Å². The Hall–Kier alpha value is -0.430. The van der Waals surface area contributed by atoms with E-state index in [2.05, 4.69) is 4.72 Å². The highest BCUT2D eigenvalue weighted by Crippen LogP contribution is 2.29. The molecule has 0 atom stereocenters. The van der Waals surface area contributed by atoms with E-state index in [0.717, 1.165) is 19.3 Å². The van der Waals surface area contributed by atoms with E-state index in [1.807, 2.05) is 20.8 Å². The van der Waals surface area contributed by atoms with Gasteiger partial charge in [0.15, 0.2) is 0 Å². The molecule has 1 aromatic heterocycles. The van der Waals surface area contributed by atoms with Gasteiger partial charge in [-0.3, -0.25) is 0 Å². The van der Waals surface area contributed by atoms with Crippen LogP contribution in [-0.2, 0) is 16.6 Å². The van der Waals surface area contributed by atoms with Crippen LogP contribution < -0.4 is 4.72 Å². The van der Waals surface area contributed by atoms with Crippen molar-refractivity contribution in [3.05, 3.63) is 15.8 Å². The number of aryl methyl sites for hydroxylation is 1.